The van der Waals surface area contributed by atoms with Crippen molar-refractivity contribution in [2.45, 2.75) is 83.2 Å². The predicted octanol–water partition coefficient (Wildman–Crippen LogP) is 7.00. The Morgan fingerprint density at radius 2 is 1.80 bits per heavy atom. The average Bonchev–Trinajstić information content (AvgIpc) is 3.79. The van der Waals surface area contributed by atoms with Crippen molar-refractivity contribution in [1.29, 1.82) is 0 Å². The van der Waals surface area contributed by atoms with E-state index in [1.807, 2.05) is 20.8 Å². The smallest absolute Gasteiger partial charge is 0.416 e. The number of likely N-dealkylation sites (tertiary alicyclic amines) is 2. The summed E-state index contributed by atoms with van der Waals surface area (Å²) in [7, 11) is 1.73. The van der Waals surface area contributed by atoms with Crippen LogP contribution in [0.4, 0.5) is 32.4 Å². The van der Waals surface area contributed by atoms with Gasteiger partial charge >= 0.3 is 12.3 Å². The highest BCUT2D eigenvalue weighted by atomic mass is 19.4. The summed E-state index contributed by atoms with van der Waals surface area (Å²) in [6.07, 6.45) is -2.59. The summed E-state index contributed by atoms with van der Waals surface area (Å²) >= 11 is 0. The van der Waals surface area contributed by atoms with Crippen LogP contribution < -0.4 is 4.90 Å². The van der Waals surface area contributed by atoms with E-state index in [1.54, 1.807) is 46.8 Å². The number of carbonyl (C=O) groups is 2. The molecule has 0 unspecified atom stereocenters. The molecule has 2 amide bonds. The van der Waals surface area contributed by atoms with Gasteiger partial charge in [0, 0.05) is 68.7 Å². The molecule has 2 atom stereocenters. The molecule has 14 heteroatoms. The van der Waals surface area contributed by atoms with Crippen molar-refractivity contribution < 1.29 is 36.3 Å². The second-order valence-electron chi connectivity index (χ2n) is 15.6. The molecule has 7 rings (SSSR count). The Balaban J connectivity index is 1.11. The molecule has 2 saturated heterocycles. The van der Waals surface area contributed by atoms with Crippen LogP contribution in [-0.2, 0) is 31.1 Å². The number of aromatic nitrogens is 3. The van der Waals surface area contributed by atoms with E-state index in [1.165, 1.54) is 11.2 Å². The zero-order chi connectivity index (χ0) is 35.8. The fourth-order valence-electron chi connectivity index (χ4n) is 8.23. The van der Waals surface area contributed by atoms with Crippen molar-refractivity contribution in [2.24, 2.45) is 18.4 Å². The maximum Gasteiger partial charge on any atom is 0.416 e. The molecule has 0 bridgehead atoms. The summed E-state index contributed by atoms with van der Waals surface area (Å²) in [5, 5.41) is 8.13. The maximum atomic E-state index is 14.6. The standard InChI is InChI=1S/C36H41F5N6O3/c1-33(2,3)50-32(49)46-11-9-34(20-46)8-10-45(19-34)17-22-12-26-27(28(13-22)36(39,40)41)18-47(31(26)48)25-7-5-6-23(14-25)29(24-15-35(37,38)16-24)30-43-42-21-44(30)4/h5-7,12-14,21,24,29H,8-11,15-20H2,1-4H3/t29-,34-/m0/s1. The number of hydrogen-bond acceptors (Lipinski definition) is 6. The Kier molecular flexibility index (Phi) is 8.27. The molecule has 3 aliphatic heterocycles. The lowest BCUT2D eigenvalue weighted by Gasteiger charge is -2.40. The number of benzene rings is 2. The van der Waals surface area contributed by atoms with E-state index in [-0.39, 0.29) is 48.6 Å². The first-order valence-corrected chi connectivity index (χ1v) is 17.0. The van der Waals surface area contributed by atoms with Gasteiger partial charge in [-0.15, -0.1) is 10.2 Å². The zero-order valence-corrected chi connectivity index (χ0v) is 28.6. The van der Waals surface area contributed by atoms with Crippen LogP contribution in [0.15, 0.2) is 42.7 Å². The normalized spacial score (nSPS) is 23.1. The van der Waals surface area contributed by atoms with Crippen LogP contribution in [0.25, 0.3) is 0 Å². The Morgan fingerprint density at radius 3 is 2.46 bits per heavy atom. The minimum atomic E-state index is -4.68. The first-order chi connectivity index (χ1) is 23.4. The summed E-state index contributed by atoms with van der Waals surface area (Å²) < 4.78 is 78.9. The number of rotatable bonds is 6. The van der Waals surface area contributed by atoms with Crippen molar-refractivity contribution in [3.63, 3.8) is 0 Å². The van der Waals surface area contributed by atoms with Gasteiger partial charge in [0.2, 0.25) is 5.92 Å². The number of carbonyl (C=O) groups excluding carboxylic acids is 2. The Hall–Kier alpha value is -4.07. The van der Waals surface area contributed by atoms with Crippen LogP contribution in [0.2, 0.25) is 0 Å². The van der Waals surface area contributed by atoms with Crippen LogP contribution >= 0.6 is 0 Å². The third-order valence-corrected chi connectivity index (χ3v) is 10.6. The number of fused-ring (bicyclic) bond motifs is 1. The Labute approximate surface area is 287 Å². The summed E-state index contributed by atoms with van der Waals surface area (Å²) in [5.41, 5.74) is -0.255. The maximum absolute atomic E-state index is 14.6. The molecule has 1 saturated carbocycles. The number of hydrogen-bond donors (Lipinski definition) is 0. The Bertz CT molecular complexity index is 1810. The fourth-order valence-corrected chi connectivity index (χ4v) is 8.23. The van der Waals surface area contributed by atoms with Gasteiger partial charge in [0.25, 0.3) is 5.91 Å². The van der Waals surface area contributed by atoms with Gasteiger partial charge in [-0.3, -0.25) is 9.69 Å². The number of aryl methyl sites for hydroxylation is 1. The third-order valence-electron chi connectivity index (χ3n) is 10.6. The topological polar surface area (TPSA) is 83.8 Å². The quantitative estimate of drug-likeness (QED) is 0.258. The molecule has 1 aromatic heterocycles. The molecule has 0 radical (unpaired) electrons. The van der Waals surface area contributed by atoms with Gasteiger partial charge in [0.1, 0.15) is 17.8 Å². The van der Waals surface area contributed by atoms with E-state index >= 15 is 0 Å². The van der Waals surface area contributed by atoms with E-state index in [9.17, 15) is 31.5 Å². The van der Waals surface area contributed by atoms with E-state index < -0.39 is 41.0 Å². The molecular weight excluding hydrogens is 659 g/mol. The summed E-state index contributed by atoms with van der Waals surface area (Å²) in [4.78, 5) is 31.7. The van der Waals surface area contributed by atoms with Gasteiger partial charge in [-0.05, 0) is 87.0 Å². The van der Waals surface area contributed by atoms with Crippen molar-refractivity contribution in [2.75, 3.05) is 31.1 Å². The van der Waals surface area contributed by atoms with E-state index in [4.69, 9.17) is 4.74 Å². The number of ether oxygens (including phenoxy) is 1. The lowest BCUT2D eigenvalue weighted by molar-refractivity contribution is -0.138. The van der Waals surface area contributed by atoms with Gasteiger partial charge in [0.15, 0.2) is 0 Å². The van der Waals surface area contributed by atoms with Gasteiger partial charge in [-0.1, -0.05) is 12.1 Å². The van der Waals surface area contributed by atoms with Crippen molar-refractivity contribution in [1.82, 2.24) is 24.6 Å². The highest BCUT2D eigenvalue weighted by Crippen LogP contribution is 2.51. The molecular formula is C36H41F5N6O3. The summed E-state index contributed by atoms with van der Waals surface area (Å²) in [5.74, 6) is -3.76. The first kappa shape index (κ1) is 34.4. The van der Waals surface area contributed by atoms with Crippen LogP contribution in [0, 0.1) is 11.3 Å². The van der Waals surface area contributed by atoms with Crippen LogP contribution in [0.3, 0.4) is 0 Å². The molecule has 50 heavy (non-hydrogen) atoms. The van der Waals surface area contributed by atoms with Crippen molar-refractivity contribution >= 4 is 17.7 Å². The predicted molar refractivity (Wildman–Crippen MR) is 174 cm³/mol. The molecule has 1 spiro atoms. The van der Waals surface area contributed by atoms with E-state index in [0.717, 1.165) is 18.9 Å². The molecule has 4 heterocycles. The van der Waals surface area contributed by atoms with Gasteiger partial charge in [-0.2, -0.15) is 13.2 Å². The summed E-state index contributed by atoms with van der Waals surface area (Å²) in [6, 6.07) is 9.53. The Morgan fingerprint density at radius 1 is 1.06 bits per heavy atom. The SMILES string of the molecule is Cn1cnnc1[C@@H](c1cccc(N2Cc3c(cc(CN4CC[C@]5(CCN(C(=O)OC(C)(C)C)C5)C4)cc3C(F)(F)F)C2=O)c1)C1CC(F)(F)C1. The lowest BCUT2D eigenvalue weighted by atomic mass is 9.70. The minimum Gasteiger partial charge on any atom is -0.444 e. The average molecular weight is 701 g/mol. The van der Waals surface area contributed by atoms with Crippen LogP contribution in [0.5, 0.6) is 0 Å². The highest BCUT2D eigenvalue weighted by Gasteiger charge is 2.50. The zero-order valence-electron chi connectivity index (χ0n) is 28.6. The number of anilines is 1. The molecule has 2 aromatic carbocycles. The number of amides is 2. The van der Waals surface area contributed by atoms with E-state index in [0.29, 0.717) is 48.8 Å². The first-order valence-electron chi connectivity index (χ1n) is 17.0. The second-order valence-corrected chi connectivity index (χ2v) is 15.6. The highest BCUT2D eigenvalue weighted by molar-refractivity contribution is 6.10. The molecule has 1 aliphatic carbocycles. The van der Waals surface area contributed by atoms with Gasteiger partial charge < -0.3 is 19.1 Å². The van der Waals surface area contributed by atoms with Crippen molar-refractivity contribution in [3.8, 4) is 0 Å². The third kappa shape index (κ3) is 6.58. The van der Waals surface area contributed by atoms with Crippen molar-refractivity contribution in [3.05, 3.63) is 76.4 Å². The summed E-state index contributed by atoms with van der Waals surface area (Å²) in [6.45, 7) is 7.81. The molecule has 4 aliphatic rings. The number of nitrogens with zero attached hydrogens (tertiary/aromatic N) is 6. The fraction of sp³-hybridized carbons (Fsp3) is 0.556. The molecule has 3 fully saturated rings. The molecule has 0 N–H and O–H groups in total. The number of halogens is 5. The lowest BCUT2D eigenvalue weighted by Crippen LogP contribution is -2.39. The molecule has 9 nitrogen and oxygen atoms in total. The molecule has 3 aromatic rings. The monoisotopic (exact) mass is 700 g/mol. The minimum absolute atomic E-state index is 0.00888. The second kappa shape index (κ2) is 12.0. The van der Waals surface area contributed by atoms with Gasteiger partial charge in [0.05, 0.1) is 12.1 Å². The van der Waals surface area contributed by atoms with Crippen LogP contribution in [0.1, 0.15) is 90.8 Å². The largest absolute Gasteiger partial charge is 0.444 e. The number of alkyl halides is 5. The van der Waals surface area contributed by atoms with E-state index in [2.05, 4.69) is 15.1 Å². The van der Waals surface area contributed by atoms with Crippen LogP contribution in [-0.4, -0.2) is 74.3 Å². The molecule has 268 valence electrons. The van der Waals surface area contributed by atoms with Gasteiger partial charge in [-0.25, -0.2) is 13.6 Å².